The molecule has 0 atom stereocenters. The fourth-order valence-corrected chi connectivity index (χ4v) is 4.05. The topological polar surface area (TPSA) is 92.1 Å². The van der Waals surface area contributed by atoms with Crippen LogP contribution >= 0.6 is 11.3 Å². The molecule has 8 heteroatoms. The second-order valence-corrected chi connectivity index (χ2v) is 7.75. The van der Waals surface area contributed by atoms with Gasteiger partial charge < -0.3 is 5.32 Å². The highest BCUT2D eigenvalue weighted by atomic mass is 32.1. The molecule has 0 aliphatic heterocycles. The Morgan fingerprint density at radius 1 is 1.21 bits per heavy atom. The molecule has 29 heavy (non-hydrogen) atoms. The summed E-state index contributed by atoms with van der Waals surface area (Å²) in [6, 6.07) is 9.71. The van der Waals surface area contributed by atoms with Crippen molar-refractivity contribution in [1.29, 1.82) is 0 Å². The van der Waals surface area contributed by atoms with Crippen LogP contribution in [0.25, 0.3) is 16.9 Å². The molecule has 148 valence electrons. The molecular formula is C21H21N5O2S. The van der Waals surface area contributed by atoms with Gasteiger partial charge in [0, 0.05) is 34.0 Å². The van der Waals surface area contributed by atoms with Crippen LogP contribution in [0.1, 0.15) is 29.4 Å². The number of rotatable bonds is 5. The van der Waals surface area contributed by atoms with E-state index in [1.165, 1.54) is 23.0 Å². The van der Waals surface area contributed by atoms with Crippen LogP contribution in [-0.4, -0.2) is 25.5 Å². The fourth-order valence-electron chi connectivity index (χ4n) is 3.31. The molecule has 3 aromatic heterocycles. The summed E-state index contributed by atoms with van der Waals surface area (Å²) in [6.45, 7) is 5.83. The van der Waals surface area contributed by atoms with Gasteiger partial charge in [0.25, 0.3) is 5.56 Å². The van der Waals surface area contributed by atoms with E-state index in [2.05, 4.69) is 39.4 Å². The maximum atomic E-state index is 12.6. The summed E-state index contributed by atoms with van der Waals surface area (Å²) in [5.41, 5.74) is 5.78. The van der Waals surface area contributed by atoms with Crippen molar-refractivity contribution in [1.82, 2.24) is 19.6 Å². The first-order chi connectivity index (χ1) is 13.9. The van der Waals surface area contributed by atoms with Crippen molar-refractivity contribution < 1.29 is 4.79 Å². The van der Waals surface area contributed by atoms with Gasteiger partial charge in [0.15, 0.2) is 10.8 Å². The minimum absolute atomic E-state index is 0.154. The number of aromatic nitrogens is 4. The molecule has 3 heterocycles. The molecule has 4 rings (SSSR count). The lowest BCUT2D eigenvalue weighted by Gasteiger charge is -2.11. The van der Waals surface area contributed by atoms with Gasteiger partial charge in [-0.1, -0.05) is 31.2 Å². The molecule has 0 spiro atoms. The number of thiazole rings is 1. The number of nitrogens with zero attached hydrogens (tertiary/aromatic N) is 3. The van der Waals surface area contributed by atoms with E-state index in [1.807, 2.05) is 31.4 Å². The number of benzene rings is 1. The Morgan fingerprint density at radius 2 is 1.97 bits per heavy atom. The number of fused-ring (bicyclic) bond motifs is 1. The van der Waals surface area contributed by atoms with Crippen molar-refractivity contribution in [2.45, 2.75) is 33.6 Å². The van der Waals surface area contributed by atoms with E-state index in [4.69, 9.17) is 0 Å². The van der Waals surface area contributed by atoms with Crippen molar-refractivity contribution >= 4 is 28.0 Å². The highest BCUT2D eigenvalue weighted by molar-refractivity contribution is 7.14. The average molecular weight is 407 g/mol. The molecule has 7 nitrogen and oxygen atoms in total. The zero-order valence-electron chi connectivity index (χ0n) is 16.4. The zero-order valence-corrected chi connectivity index (χ0v) is 17.3. The van der Waals surface area contributed by atoms with Crippen LogP contribution in [0.15, 0.2) is 40.5 Å². The Hall–Kier alpha value is -3.26. The predicted molar refractivity (Wildman–Crippen MR) is 115 cm³/mol. The quantitative estimate of drug-likeness (QED) is 0.530. The Labute approximate surface area is 171 Å². The lowest BCUT2D eigenvalue weighted by atomic mass is 10.1. The number of hydrogen-bond donors (Lipinski definition) is 2. The van der Waals surface area contributed by atoms with Gasteiger partial charge in [0.1, 0.15) is 0 Å². The second-order valence-electron chi connectivity index (χ2n) is 6.89. The van der Waals surface area contributed by atoms with Gasteiger partial charge in [0.05, 0.1) is 12.1 Å². The molecule has 0 fully saturated rings. The van der Waals surface area contributed by atoms with Crippen LogP contribution in [0.2, 0.25) is 0 Å². The molecule has 1 aromatic carbocycles. The average Bonchev–Trinajstić information content (AvgIpc) is 3.31. The van der Waals surface area contributed by atoms with Gasteiger partial charge >= 0.3 is 0 Å². The molecule has 1 amide bonds. The minimum atomic E-state index is -0.219. The van der Waals surface area contributed by atoms with Crippen molar-refractivity contribution in [3.63, 3.8) is 0 Å². The first-order valence-electron chi connectivity index (χ1n) is 9.37. The third-order valence-electron chi connectivity index (χ3n) is 4.95. The highest BCUT2D eigenvalue weighted by Gasteiger charge is 2.15. The second kappa shape index (κ2) is 7.63. The third kappa shape index (κ3) is 3.84. The normalized spacial score (nSPS) is 11.1. The number of nitrogens with one attached hydrogen (secondary N) is 2. The molecule has 0 aliphatic carbocycles. The van der Waals surface area contributed by atoms with Crippen LogP contribution in [0.5, 0.6) is 0 Å². The number of hydrogen-bond acceptors (Lipinski definition) is 5. The molecule has 4 aromatic rings. The van der Waals surface area contributed by atoms with Crippen LogP contribution in [-0.2, 0) is 17.6 Å². The van der Waals surface area contributed by atoms with Crippen LogP contribution < -0.4 is 10.9 Å². The van der Waals surface area contributed by atoms with E-state index in [9.17, 15) is 9.59 Å². The van der Waals surface area contributed by atoms with Crippen molar-refractivity contribution in [3.8, 4) is 11.3 Å². The summed E-state index contributed by atoms with van der Waals surface area (Å²) in [4.78, 5) is 33.1. The van der Waals surface area contributed by atoms with E-state index in [-0.39, 0.29) is 17.9 Å². The molecular weight excluding hydrogens is 386 g/mol. The van der Waals surface area contributed by atoms with E-state index in [0.29, 0.717) is 10.8 Å². The molecule has 0 unspecified atom stereocenters. The highest BCUT2D eigenvalue weighted by Crippen LogP contribution is 2.25. The Morgan fingerprint density at radius 3 is 2.69 bits per heavy atom. The standard InChI is InChI=1S/C21H21N5O2S/c1-4-14-5-7-15(8-6-14)17-11-29-21(23-17)24-19(27)9-16-12(2)22-18-10-20(28)25-26(18)13(16)3/h5-8,10-11H,4,9H2,1-3H3,(H,25,28)(H,23,24,27). The number of H-pyrrole nitrogens is 1. The van der Waals surface area contributed by atoms with E-state index in [1.54, 1.807) is 4.52 Å². The number of amides is 1. The van der Waals surface area contributed by atoms with E-state index < -0.39 is 0 Å². The Bertz CT molecular complexity index is 1250. The molecule has 0 saturated heterocycles. The van der Waals surface area contributed by atoms with Crippen molar-refractivity contribution in [2.24, 2.45) is 0 Å². The smallest absolute Gasteiger partial charge is 0.266 e. The maximum Gasteiger partial charge on any atom is 0.266 e. The summed E-state index contributed by atoms with van der Waals surface area (Å²) in [6.07, 6.45) is 1.15. The first kappa shape index (κ1) is 19.1. The minimum Gasteiger partial charge on any atom is -0.302 e. The number of aromatic amines is 1. The number of aryl methyl sites for hydroxylation is 3. The molecule has 0 bridgehead atoms. The molecule has 2 N–H and O–H groups in total. The molecule has 0 radical (unpaired) electrons. The van der Waals surface area contributed by atoms with Gasteiger partial charge in [-0.05, 0) is 25.8 Å². The van der Waals surface area contributed by atoms with Crippen LogP contribution in [0, 0.1) is 13.8 Å². The Balaban J connectivity index is 1.51. The van der Waals surface area contributed by atoms with Gasteiger partial charge in [-0.15, -0.1) is 11.3 Å². The van der Waals surface area contributed by atoms with Crippen LogP contribution in [0.4, 0.5) is 5.13 Å². The zero-order chi connectivity index (χ0) is 20.5. The summed E-state index contributed by atoms with van der Waals surface area (Å²) < 4.78 is 1.61. The number of carbonyl (C=O) groups excluding carboxylic acids is 1. The summed E-state index contributed by atoms with van der Waals surface area (Å²) in [7, 11) is 0. The summed E-state index contributed by atoms with van der Waals surface area (Å²) in [5.74, 6) is -0.172. The fraction of sp³-hybridized carbons (Fsp3) is 0.238. The summed E-state index contributed by atoms with van der Waals surface area (Å²) in [5, 5.41) is 8.07. The predicted octanol–water partition coefficient (Wildman–Crippen LogP) is 3.51. The van der Waals surface area contributed by atoms with Gasteiger partial charge in [0.2, 0.25) is 5.91 Å². The van der Waals surface area contributed by atoms with Gasteiger partial charge in [-0.25, -0.2) is 14.5 Å². The largest absolute Gasteiger partial charge is 0.302 e. The van der Waals surface area contributed by atoms with Gasteiger partial charge in [-0.3, -0.25) is 14.7 Å². The van der Waals surface area contributed by atoms with Crippen molar-refractivity contribution in [3.05, 3.63) is 68.6 Å². The van der Waals surface area contributed by atoms with Crippen LogP contribution in [0.3, 0.4) is 0 Å². The van der Waals surface area contributed by atoms with Crippen molar-refractivity contribution in [2.75, 3.05) is 5.32 Å². The lowest BCUT2D eigenvalue weighted by Crippen LogP contribution is -2.17. The SMILES string of the molecule is CCc1ccc(-c2csc(NC(=O)Cc3c(C)nc4cc(=O)[nH]n4c3C)n2)cc1. The maximum absolute atomic E-state index is 12.6. The molecule has 0 saturated carbocycles. The number of anilines is 1. The first-order valence-corrected chi connectivity index (χ1v) is 10.2. The number of carbonyl (C=O) groups is 1. The van der Waals surface area contributed by atoms with E-state index in [0.717, 1.165) is 34.6 Å². The molecule has 0 aliphatic rings. The Kier molecular flexibility index (Phi) is 5.02. The van der Waals surface area contributed by atoms with E-state index >= 15 is 0 Å². The van der Waals surface area contributed by atoms with Gasteiger partial charge in [-0.2, -0.15) is 0 Å². The third-order valence-corrected chi connectivity index (χ3v) is 5.71. The lowest BCUT2D eigenvalue weighted by molar-refractivity contribution is -0.115. The summed E-state index contributed by atoms with van der Waals surface area (Å²) >= 11 is 1.40. The monoisotopic (exact) mass is 407 g/mol.